The highest BCUT2D eigenvalue weighted by Gasteiger charge is 2.44. The third-order valence-electron chi connectivity index (χ3n) is 5.28. The number of hydrogen-bond donors (Lipinski definition) is 1. The third-order valence-corrected chi connectivity index (χ3v) is 5.28. The fraction of sp³-hybridized carbons (Fsp3) is 0.667. The van der Waals surface area contributed by atoms with Crippen LogP contribution < -0.4 is 0 Å². The summed E-state index contributed by atoms with van der Waals surface area (Å²) in [6.07, 6.45) is 1.29. The highest BCUT2D eigenvalue weighted by Crippen LogP contribution is 2.33. The number of alkyl halides is 3. The molecule has 32 heavy (non-hydrogen) atoms. The number of likely N-dealkylation sites (N-methyl/N-ethyl adjacent to an activating group) is 1. The van der Waals surface area contributed by atoms with Crippen LogP contribution in [0.25, 0.3) is 0 Å². The highest BCUT2D eigenvalue weighted by molar-refractivity contribution is 5.76. The van der Waals surface area contributed by atoms with Gasteiger partial charge < -0.3 is 19.5 Å². The smallest absolute Gasteiger partial charge is 0.475 e. The van der Waals surface area contributed by atoms with Crippen LogP contribution >= 0.6 is 0 Å². The van der Waals surface area contributed by atoms with E-state index in [1.807, 2.05) is 24.1 Å². The van der Waals surface area contributed by atoms with Gasteiger partial charge in [-0.05, 0) is 31.5 Å². The van der Waals surface area contributed by atoms with Crippen LogP contribution in [-0.4, -0.2) is 89.5 Å². The van der Waals surface area contributed by atoms with Crippen molar-refractivity contribution in [3.05, 3.63) is 30.1 Å². The van der Waals surface area contributed by atoms with Crippen LogP contribution in [0.3, 0.4) is 0 Å². The number of pyridine rings is 1. The monoisotopic (exact) mass is 461 g/mol. The Kier molecular flexibility index (Phi) is 9.41. The van der Waals surface area contributed by atoms with Gasteiger partial charge in [-0.15, -0.1) is 0 Å². The molecule has 0 aromatic carbocycles. The topological polar surface area (TPSA) is 92.2 Å². The summed E-state index contributed by atoms with van der Waals surface area (Å²) in [4.78, 5) is 29.4. The molecule has 2 aliphatic rings. The molecular weight excluding hydrogens is 431 g/mol. The minimum Gasteiger partial charge on any atom is -0.475 e. The van der Waals surface area contributed by atoms with Crippen molar-refractivity contribution in [3.63, 3.8) is 0 Å². The van der Waals surface area contributed by atoms with E-state index in [4.69, 9.17) is 19.4 Å². The normalized spacial score (nSPS) is 23.6. The van der Waals surface area contributed by atoms with Crippen molar-refractivity contribution in [2.24, 2.45) is 0 Å². The molecule has 2 saturated heterocycles. The number of carboxylic acid groups (broad SMARTS) is 1. The van der Waals surface area contributed by atoms with Gasteiger partial charge in [-0.2, -0.15) is 13.2 Å². The maximum Gasteiger partial charge on any atom is 0.490 e. The SMILES string of the molecule is CCC(=O)N1CCOCC2(CCC(CN(C)Cc3cccnc3)O2)C1.O=C(O)C(F)(F)F. The van der Waals surface area contributed by atoms with E-state index in [1.54, 1.807) is 6.20 Å². The zero-order valence-electron chi connectivity index (χ0n) is 18.3. The van der Waals surface area contributed by atoms with Crippen molar-refractivity contribution in [2.45, 2.75) is 50.6 Å². The number of carbonyl (C=O) groups is 2. The minimum absolute atomic E-state index is 0.182. The molecule has 2 unspecified atom stereocenters. The van der Waals surface area contributed by atoms with Crippen LogP contribution in [-0.2, 0) is 25.6 Å². The molecule has 0 aliphatic carbocycles. The summed E-state index contributed by atoms with van der Waals surface area (Å²) in [5.74, 6) is -2.57. The van der Waals surface area contributed by atoms with Crippen molar-refractivity contribution in [1.29, 1.82) is 0 Å². The van der Waals surface area contributed by atoms with Gasteiger partial charge in [0.05, 0.1) is 25.9 Å². The molecule has 0 radical (unpaired) electrons. The second kappa shape index (κ2) is 11.6. The molecule has 11 heteroatoms. The first-order chi connectivity index (χ1) is 15.0. The first kappa shape index (κ1) is 26.0. The Hall–Kier alpha value is -2.24. The van der Waals surface area contributed by atoms with Crippen LogP contribution in [0.15, 0.2) is 24.5 Å². The van der Waals surface area contributed by atoms with E-state index in [0.717, 1.165) is 25.9 Å². The summed E-state index contributed by atoms with van der Waals surface area (Å²) < 4.78 is 43.9. The van der Waals surface area contributed by atoms with E-state index in [9.17, 15) is 18.0 Å². The Morgan fingerprint density at radius 3 is 2.72 bits per heavy atom. The molecule has 1 aromatic heterocycles. The predicted molar refractivity (Wildman–Crippen MR) is 109 cm³/mol. The van der Waals surface area contributed by atoms with E-state index < -0.39 is 12.1 Å². The average Bonchev–Trinajstić information content (AvgIpc) is 2.99. The van der Waals surface area contributed by atoms with Gasteiger partial charge in [-0.3, -0.25) is 14.7 Å². The Labute approximate surface area is 185 Å². The standard InChI is InChI=1S/C19H29N3O3.C2HF3O2/c1-3-18(23)22-9-10-24-15-19(14-22)7-6-17(25-19)13-21(2)12-16-5-4-8-20-11-16;3-2(4,5)1(6)7/h4-5,8,11,17H,3,6-7,9-10,12-15H2,1-2H3;(H,6,7). The van der Waals surface area contributed by atoms with E-state index in [2.05, 4.69) is 23.0 Å². The lowest BCUT2D eigenvalue weighted by atomic mass is 10.00. The lowest BCUT2D eigenvalue weighted by Gasteiger charge is -2.32. The lowest BCUT2D eigenvalue weighted by molar-refractivity contribution is -0.192. The van der Waals surface area contributed by atoms with E-state index in [-0.39, 0.29) is 17.6 Å². The number of amides is 1. The number of rotatable bonds is 5. The fourth-order valence-corrected chi connectivity index (χ4v) is 3.80. The van der Waals surface area contributed by atoms with Gasteiger partial charge in [0.15, 0.2) is 0 Å². The van der Waals surface area contributed by atoms with Crippen LogP contribution in [0.2, 0.25) is 0 Å². The number of hydrogen-bond acceptors (Lipinski definition) is 6. The average molecular weight is 461 g/mol. The van der Waals surface area contributed by atoms with Crippen molar-refractivity contribution in [1.82, 2.24) is 14.8 Å². The predicted octanol–water partition coefficient (Wildman–Crippen LogP) is 2.33. The molecule has 0 saturated carbocycles. The number of halogens is 3. The van der Waals surface area contributed by atoms with E-state index >= 15 is 0 Å². The largest absolute Gasteiger partial charge is 0.490 e. The van der Waals surface area contributed by atoms with Gasteiger partial charge in [0.2, 0.25) is 5.91 Å². The second-order valence-electron chi connectivity index (χ2n) is 8.04. The van der Waals surface area contributed by atoms with Gasteiger partial charge in [-0.1, -0.05) is 13.0 Å². The summed E-state index contributed by atoms with van der Waals surface area (Å²) in [6.45, 7) is 6.15. The van der Waals surface area contributed by atoms with E-state index in [1.165, 1.54) is 5.56 Å². The molecule has 3 heterocycles. The molecule has 2 aliphatic heterocycles. The summed E-state index contributed by atoms with van der Waals surface area (Å²) in [5.41, 5.74) is 0.872. The van der Waals surface area contributed by atoms with Crippen molar-refractivity contribution < 1.29 is 37.3 Å². The van der Waals surface area contributed by atoms with Gasteiger partial charge in [-0.25, -0.2) is 4.79 Å². The number of nitrogens with zero attached hydrogens (tertiary/aromatic N) is 3. The first-order valence-electron chi connectivity index (χ1n) is 10.5. The van der Waals surface area contributed by atoms with Crippen molar-refractivity contribution >= 4 is 11.9 Å². The first-order valence-corrected chi connectivity index (χ1v) is 10.5. The van der Waals surface area contributed by atoms with Crippen molar-refractivity contribution in [2.75, 3.05) is 39.9 Å². The molecule has 1 spiro atoms. The summed E-state index contributed by atoms with van der Waals surface area (Å²) in [7, 11) is 2.11. The third kappa shape index (κ3) is 8.03. The molecule has 3 rings (SSSR count). The van der Waals surface area contributed by atoms with Gasteiger partial charge >= 0.3 is 12.1 Å². The molecule has 1 aromatic rings. The summed E-state index contributed by atoms with van der Waals surface area (Å²) >= 11 is 0. The Morgan fingerprint density at radius 1 is 1.41 bits per heavy atom. The molecule has 180 valence electrons. The molecule has 1 amide bonds. The number of carboxylic acids is 1. The van der Waals surface area contributed by atoms with Crippen LogP contribution in [0.4, 0.5) is 13.2 Å². The van der Waals surface area contributed by atoms with Gasteiger partial charge in [0.25, 0.3) is 0 Å². The minimum atomic E-state index is -5.08. The Balaban J connectivity index is 0.000000451. The molecule has 2 fully saturated rings. The quantitative estimate of drug-likeness (QED) is 0.720. The molecule has 1 N–H and O–H groups in total. The molecule has 2 atom stereocenters. The number of ether oxygens (including phenoxy) is 2. The van der Waals surface area contributed by atoms with E-state index in [0.29, 0.717) is 32.7 Å². The fourth-order valence-electron chi connectivity index (χ4n) is 3.80. The molecular formula is C21H30F3N3O5. The van der Waals surface area contributed by atoms with Gasteiger partial charge in [0, 0.05) is 38.4 Å². The Morgan fingerprint density at radius 2 is 2.12 bits per heavy atom. The number of carbonyl (C=O) groups excluding carboxylic acids is 1. The summed E-state index contributed by atoms with van der Waals surface area (Å²) in [5, 5.41) is 7.12. The molecule has 8 nitrogen and oxygen atoms in total. The lowest BCUT2D eigenvalue weighted by Crippen LogP contribution is -2.47. The number of aliphatic carboxylic acids is 1. The van der Waals surface area contributed by atoms with Crippen molar-refractivity contribution in [3.8, 4) is 0 Å². The zero-order valence-corrected chi connectivity index (χ0v) is 18.3. The highest BCUT2D eigenvalue weighted by atomic mass is 19.4. The van der Waals surface area contributed by atoms with Crippen LogP contribution in [0.5, 0.6) is 0 Å². The maximum absolute atomic E-state index is 12.1. The maximum atomic E-state index is 12.1. The van der Waals surface area contributed by atoms with Crippen LogP contribution in [0, 0.1) is 0 Å². The van der Waals surface area contributed by atoms with Crippen LogP contribution in [0.1, 0.15) is 31.7 Å². The zero-order chi connectivity index (χ0) is 23.8. The second-order valence-corrected chi connectivity index (χ2v) is 8.04. The summed E-state index contributed by atoms with van der Waals surface area (Å²) in [6, 6.07) is 4.06. The number of aromatic nitrogens is 1. The Bertz CT molecular complexity index is 750. The van der Waals surface area contributed by atoms with Gasteiger partial charge in [0.1, 0.15) is 5.60 Å². The molecule has 0 bridgehead atoms.